The van der Waals surface area contributed by atoms with Gasteiger partial charge in [-0.3, -0.25) is 9.79 Å². The number of hydrogen-bond acceptors (Lipinski definition) is 4. The number of carbonyl (C=O) groups excluding carboxylic acids is 2. The van der Waals surface area contributed by atoms with Crippen LogP contribution in [0.2, 0.25) is 0 Å². The Labute approximate surface area is 87.8 Å². The van der Waals surface area contributed by atoms with E-state index in [4.69, 9.17) is 11.5 Å². The topological polar surface area (TPSA) is 120 Å². The zero-order valence-electron chi connectivity index (χ0n) is 8.66. The molecule has 0 aliphatic rings. The van der Waals surface area contributed by atoms with Crippen molar-refractivity contribution in [2.24, 2.45) is 16.5 Å². The van der Waals surface area contributed by atoms with Gasteiger partial charge < -0.3 is 16.3 Å². The molecule has 0 unspecified atom stereocenters. The molecule has 0 aliphatic carbocycles. The minimum atomic E-state index is -0.795. The summed E-state index contributed by atoms with van der Waals surface area (Å²) < 4.78 is 0. The third-order valence-corrected chi connectivity index (χ3v) is 1.38. The van der Waals surface area contributed by atoms with Gasteiger partial charge in [0.2, 0.25) is 11.9 Å². The quantitative estimate of drug-likeness (QED) is 0.179. The lowest BCUT2D eigenvalue weighted by atomic mass is 10.3. The fourth-order valence-corrected chi connectivity index (χ4v) is 0.677. The van der Waals surface area contributed by atoms with Gasteiger partial charge in [-0.1, -0.05) is 13.3 Å². The monoisotopic (exact) mass is 216 g/mol. The highest BCUT2D eigenvalue weighted by atomic mass is 16.7. The number of hydroxylamine groups is 1. The summed E-state index contributed by atoms with van der Waals surface area (Å²) in [6, 6.07) is 0. The van der Waals surface area contributed by atoms with Gasteiger partial charge in [-0.25, -0.2) is 4.79 Å². The molecule has 15 heavy (non-hydrogen) atoms. The number of carbonyl (C=O) groups is 2. The smallest absolute Gasteiger partial charge is 0.341 e. The van der Waals surface area contributed by atoms with Gasteiger partial charge in [0.05, 0.1) is 0 Å². The van der Waals surface area contributed by atoms with Crippen LogP contribution >= 0.6 is 0 Å². The van der Waals surface area contributed by atoms with Crippen LogP contribution in [0.3, 0.4) is 0 Å². The molecular weight excluding hydrogens is 200 g/mol. The number of amides is 1. The molecule has 1 amide bonds. The number of primary amides is 1. The van der Waals surface area contributed by atoms with E-state index in [2.05, 4.69) is 15.3 Å². The van der Waals surface area contributed by atoms with E-state index >= 15 is 0 Å². The van der Waals surface area contributed by atoms with Crippen molar-refractivity contribution in [1.29, 1.82) is 0 Å². The maximum absolute atomic E-state index is 10.8. The number of hydrogen-bond donors (Lipinski definition) is 3. The molecule has 0 aromatic heterocycles. The summed E-state index contributed by atoms with van der Waals surface area (Å²) in [7, 11) is 0. The van der Waals surface area contributed by atoms with Gasteiger partial charge in [-0.05, 0) is 6.42 Å². The predicted octanol–water partition coefficient (Wildman–Crippen LogP) is -0.976. The number of aliphatic imine (C=N–C) groups is 1. The van der Waals surface area contributed by atoms with Crippen LogP contribution in [0.1, 0.15) is 26.2 Å². The summed E-state index contributed by atoms with van der Waals surface area (Å²) >= 11 is 0. The Bertz CT molecular complexity index is 252. The maximum atomic E-state index is 10.8. The van der Waals surface area contributed by atoms with Crippen LogP contribution in [-0.4, -0.2) is 24.4 Å². The minimum Gasteiger partial charge on any atom is -0.369 e. The van der Waals surface area contributed by atoms with Crippen LogP contribution in [0.25, 0.3) is 0 Å². The van der Waals surface area contributed by atoms with Crippen LogP contribution in [0.15, 0.2) is 4.99 Å². The highest BCUT2D eigenvalue weighted by molar-refractivity contribution is 5.93. The molecule has 0 radical (unpaired) electrons. The molecule has 0 spiro atoms. The second kappa shape index (κ2) is 7.60. The van der Waals surface area contributed by atoms with Crippen LogP contribution in [-0.2, 0) is 14.4 Å². The zero-order valence-corrected chi connectivity index (χ0v) is 8.66. The van der Waals surface area contributed by atoms with Crippen LogP contribution < -0.4 is 16.9 Å². The minimum absolute atomic E-state index is 0.00118. The molecule has 5 N–H and O–H groups in total. The molecule has 0 aromatic rings. The largest absolute Gasteiger partial charge is 0.369 e. The van der Waals surface area contributed by atoms with Crippen molar-refractivity contribution in [3.63, 3.8) is 0 Å². The van der Waals surface area contributed by atoms with Crippen LogP contribution in [0.4, 0.5) is 0 Å². The number of nitrogens with one attached hydrogen (secondary N) is 1. The van der Waals surface area contributed by atoms with E-state index < -0.39 is 18.3 Å². The molecule has 86 valence electrons. The predicted molar refractivity (Wildman–Crippen MR) is 54.4 cm³/mol. The molecule has 7 nitrogen and oxygen atoms in total. The first-order valence-electron chi connectivity index (χ1n) is 4.60. The van der Waals surface area contributed by atoms with Crippen molar-refractivity contribution in [2.45, 2.75) is 26.2 Å². The van der Waals surface area contributed by atoms with E-state index in [1.165, 1.54) is 0 Å². The highest BCUT2D eigenvalue weighted by Crippen LogP contribution is 1.86. The average molecular weight is 216 g/mol. The molecule has 0 bridgehead atoms. The van der Waals surface area contributed by atoms with Gasteiger partial charge >= 0.3 is 5.97 Å². The first kappa shape index (κ1) is 13.2. The first-order chi connectivity index (χ1) is 7.06. The number of guanidine groups is 1. The van der Waals surface area contributed by atoms with Crippen LogP contribution in [0, 0.1) is 0 Å². The Morgan fingerprint density at radius 1 is 1.40 bits per heavy atom. The molecule has 0 saturated heterocycles. The van der Waals surface area contributed by atoms with Crippen molar-refractivity contribution in [1.82, 2.24) is 5.48 Å². The molecule has 0 rings (SSSR count). The van der Waals surface area contributed by atoms with E-state index in [0.717, 1.165) is 12.8 Å². The highest BCUT2D eigenvalue weighted by Gasteiger charge is 2.07. The van der Waals surface area contributed by atoms with E-state index in [1.54, 1.807) is 0 Å². The fourth-order valence-electron chi connectivity index (χ4n) is 0.677. The van der Waals surface area contributed by atoms with E-state index in [1.807, 2.05) is 6.92 Å². The third-order valence-electron chi connectivity index (χ3n) is 1.38. The molecule has 0 atom stereocenters. The van der Waals surface area contributed by atoms with Crippen molar-refractivity contribution in [3.05, 3.63) is 0 Å². The molecule has 7 heteroatoms. The maximum Gasteiger partial charge on any atom is 0.341 e. The number of rotatable bonds is 5. The molecular formula is C8H16N4O3. The molecule has 0 fully saturated rings. The molecule has 0 saturated carbocycles. The Hall–Kier alpha value is -1.79. The summed E-state index contributed by atoms with van der Waals surface area (Å²) in [5.41, 5.74) is 12.2. The van der Waals surface area contributed by atoms with E-state index in [-0.39, 0.29) is 5.96 Å². The summed E-state index contributed by atoms with van der Waals surface area (Å²) in [6.45, 7) is 2.58. The van der Waals surface area contributed by atoms with Gasteiger partial charge in [0.25, 0.3) is 0 Å². The summed E-state index contributed by atoms with van der Waals surface area (Å²) in [4.78, 5) is 29.3. The Kier molecular flexibility index (Phi) is 6.69. The second-order valence-corrected chi connectivity index (χ2v) is 2.84. The van der Waals surface area contributed by atoms with Crippen molar-refractivity contribution in [3.8, 4) is 0 Å². The number of nitrogens with zero attached hydrogens (tertiary/aromatic N) is 1. The number of nitrogens with two attached hydrogens (primary N) is 2. The van der Waals surface area contributed by atoms with Gasteiger partial charge in [-0.15, -0.1) is 0 Å². The SMILES string of the molecule is CCCCN=C(N)NOC(=O)CC(N)=O. The van der Waals surface area contributed by atoms with Crippen molar-refractivity contribution < 1.29 is 14.4 Å². The average Bonchev–Trinajstić information content (AvgIpc) is 2.14. The fraction of sp³-hybridized carbons (Fsp3) is 0.625. The lowest BCUT2D eigenvalue weighted by molar-refractivity contribution is -0.149. The van der Waals surface area contributed by atoms with Gasteiger partial charge in [0.1, 0.15) is 6.42 Å². The zero-order chi connectivity index (χ0) is 11.7. The lowest BCUT2D eigenvalue weighted by Crippen LogP contribution is -2.35. The summed E-state index contributed by atoms with van der Waals surface area (Å²) in [6.07, 6.45) is 1.41. The summed E-state index contributed by atoms with van der Waals surface area (Å²) in [5.74, 6) is -1.55. The van der Waals surface area contributed by atoms with Crippen LogP contribution in [0.5, 0.6) is 0 Å². The van der Waals surface area contributed by atoms with Gasteiger partial charge in [0.15, 0.2) is 0 Å². The van der Waals surface area contributed by atoms with Crippen molar-refractivity contribution in [2.75, 3.05) is 6.54 Å². The Morgan fingerprint density at radius 3 is 2.60 bits per heavy atom. The molecule has 0 heterocycles. The summed E-state index contributed by atoms with van der Waals surface area (Å²) in [5, 5.41) is 0. The van der Waals surface area contributed by atoms with E-state index in [9.17, 15) is 9.59 Å². The Morgan fingerprint density at radius 2 is 2.07 bits per heavy atom. The lowest BCUT2D eigenvalue weighted by Gasteiger charge is -2.04. The standard InChI is InChI=1S/C8H16N4O3/c1-2-3-4-11-8(10)12-15-7(14)5-6(9)13/h2-5H2,1H3,(H2,9,13)(H3,10,11,12). The second-order valence-electron chi connectivity index (χ2n) is 2.84. The third kappa shape index (κ3) is 8.54. The normalized spacial score (nSPS) is 10.9. The van der Waals surface area contributed by atoms with Gasteiger partial charge in [0, 0.05) is 6.54 Å². The first-order valence-corrected chi connectivity index (χ1v) is 4.60. The molecule has 0 aromatic carbocycles. The number of unbranched alkanes of at least 4 members (excludes halogenated alkanes) is 1. The van der Waals surface area contributed by atoms with Crippen molar-refractivity contribution >= 4 is 17.8 Å². The molecule has 0 aliphatic heterocycles. The van der Waals surface area contributed by atoms with Gasteiger partial charge in [-0.2, -0.15) is 5.48 Å². The Balaban J connectivity index is 3.69. The van der Waals surface area contributed by atoms with E-state index in [0.29, 0.717) is 6.54 Å².